The number of hydrogen-bond donors (Lipinski definition) is 3. The van der Waals surface area contributed by atoms with Crippen molar-refractivity contribution in [2.75, 3.05) is 46.4 Å². The Hall–Kier alpha value is -5.50. The lowest BCUT2D eigenvalue weighted by atomic mass is 9.94. The largest absolute Gasteiger partial charge is 0.396 e. The van der Waals surface area contributed by atoms with E-state index in [0.29, 0.717) is 17.7 Å². The quantitative estimate of drug-likeness (QED) is 0.159. The number of allylic oxidation sites excluding steroid dienone is 3. The summed E-state index contributed by atoms with van der Waals surface area (Å²) in [5, 5.41) is 26.3. The molecule has 2 aliphatic heterocycles. The molecule has 3 aromatic rings. The van der Waals surface area contributed by atoms with Crippen LogP contribution in [0.25, 0.3) is 10.9 Å². The Kier molecular flexibility index (Phi) is 13.1. The Morgan fingerprint density at radius 3 is 2.49 bits per heavy atom. The van der Waals surface area contributed by atoms with E-state index in [1.165, 1.54) is 9.91 Å². The number of aliphatic hydroxyl groups is 2. The zero-order valence-corrected chi connectivity index (χ0v) is 32.2. The zero-order chi connectivity index (χ0) is 39.9. The summed E-state index contributed by atoms with van der Waals surface area (Å²) in [5.41, 5.74) is 3.15. The molecule has 13 nitrogen and oxygen atoms in total. The van der Waals surface area contributed by atoms with Gasteiger partial charge in [0.05, 0.1) is 30.8 Å². The summed E-state index contributed by atoms with van der Waals surface area (Å²) in [4.78, 5) is 61.5. The minimum atomic E-state index is -0.982. The van der Waals surface area contributed by atoms with Crippen molar-refractivity contribution in [1.82, 2.24) is 34.6 Å². The number of benzene rings is 2. The van der Waals surface area contributed by atoms with Gasteiger partial charge in [-0.2, -0.15) is 0 Å². The number of aliphatic hydroxyl groups excluding tert-OH is 2. The molecule has 292 valence electrons. The standard InChI is InChI=1S/C42H53N7O6/c1-7-14-30(17-13-21-50)22-35-40(54)46(24-32-18-12-19-33-34(25-44(5)38(32)33)39(53)45(6)28-42(3,4)29-51)26-36-48(35)37(52)27-47(20-8-2)49(36)41(55)43-23-31-15-10-9-11-16-31/h7-19,25,35-36,50-51H,1-2,20-24,26-29H2,3-6H3,(H,43,55)/b17-13-,30-14+/t35-,36-/m0/s1. The van der Waals surface area contributed by atoms with Gasteiger partial charge in [-0.25, -0.2) is 14.8 Å². The van der Waals surface area contributed by atoms with Crippen molar-refractivity contribution in [1.29, 1.82) is 0 Å². The van der Waals surface area contributed by atoms with E-state index in [9.17, 15) is 29.4 Å². The first kappa shape index (κ1) is 40.7. The highest BCUT2D eigenvalue weighted by Gasteiger charge is 2.51. The number of aryl methyl sites for hydroxylation is 1. The van der Waals surface area contributed by atoms with E-state index in [0.717, 1.165) is 22.0 Å². The molecule has 3 N–H and O–H groups in total. The number of nitrogens with one attached hydrogen (secondary N) is 1. The van der Waals surface area contributed by atoms with E-state index in [-0.39, 0.29) is 70.1 Å². The topological polar surface area (TPSA) is 142 Å². The van der Waals surface area contributed by atoms with E-state index >= 15 is 0 Å². The molecular formula is C42H53N7O6. The third kappa shape index (κ3) is 9.07. The summed E-state index contributed by atoms with van der Waals surface area (Å²) in [5.74, 6) is -0.791. The van der Waals surface area contributed by atoms with Crippen molar-refractivity contribution < 1.29 is 29.4 Å². The van der Waals surface area contributed by atoms with Gasteiger partial charge in [0.1, 0.15) is 12.2 Å². The summed E-state index contributed by atoms with van der Waals surface area (Å²) in [6, 6.07) is 13.8. The molecule has 0 saturated carbocycles. The number of hydrazine groups is 1. The smallest absolute Gasteiger partial charge is 0.334 e. The van der Waals surface area contributed by atoms with Gasteiger partial charge in [0.2, 0.25) is 11.8 Å². The highest BCUT2D eigenvalue weighted by atomic mass is 16.3. The highest BCUT2D eigenvalue weighted by Crippen LogP contribution is 2.33. The van der Waals surface area contributed by atoms with Crippen molar-refractivity contribution in [3.8, 4) is 0 Å². The zero-order valence-electron chi connectivity index (χ0n) is 32.2. The number of hydrogen-bond acceptors (Lipinski definition) is 7. The molecule has 2 saturated heterocycles. The van der Waals surface area contributed by atoms with Gasteiger partial charge in [0.25, 0.3) is 5.91 Å². The Balaban J connectivity index is 1.55. The maximum atomic E-state index is 14.7. The first-order valence-electron chi connectivity index (χ1n) is 18.4. The van der Waals surface area contributed by atoms with E-state index in [1.807, 2.05) is 74.0 Å². The molecule has 2 aliphatic rings. The van der Waals surface area contributed by atoms with Crippen LogP contribution in [0.1, 0.15) is 41.8 Å². The molecule has 0 bridgehead atoms. The van der Waals surface area contributed by atoms with Gasteiger partial charge in [-0.3, -0.25) is 14.4 Å². The Labute approximate surface area is 323 Å². The van der Waals surface area contributed by atoms with Crippen molar-refractivity contribution in [2.24, 2.45) is 12.5 Å². The van der Waals surface area contributed by atoms with Gasteiger partial charge in [0.15, 0.2) is 0 Å². The van der Waals surface area contributed by atoms with Crippen LogP contribution in [0.2, 0.25) is 0 Å². The lowest BCUT2D eigenvalue weighted by molar-refractivity contribution is -0.189. The molecule has 0 spiro atoms. The predicted molar refractivity (Wildman–Crippen MR) is 212 cm³/mol. The second-order valence-corrected chi connectivity index (χ2v) is 14.9. The van der Waals surface area contributed by atoms with Gasteiger partial charge in [-0.05, 0) is 16.7 Å². The average molecular weight is 752 g/mol. The number of amides is 5. The SMILES string of the molecule is C=C/C=C(\C=C/CO)C[C@H]1C(=O)N(Cc2cccc3c(C(=O)N(C)CC(C)(C)CO)cn(C)c23)C[C@H]2N1C(=O)CN(CC=C)N2C(=O)NCc1ccccc1. The number of carbonyl (C=O) groups is 4. The molecule has 2 aromatic carbocycles. The van der Waals surface area contributed by atoms with Crippen molar-refractivity contribution >= 4 is 34.7 Å². The van der Waals surface area contributed by atoms with E-state index in [1.54, 1.807) is 58.4 Å². The molecule has 55 heavy (non-hydrogen) atoms. The fourth-order valence-electron chi connectivity index (χ4n) is 7.49. The summed E-state index contributed by atoms with van der Waals surface area (Å²) in [7, 11) is 3.57. The average Bonchev–Trinajstić information content (AvgIpc) is 3.51. The number of nitrogens with zero attached hydrogens (tertiary/aromatic N) is 6. The summed E-state index contributed by atoms with van der Waals surface area (Å²) >= 11 is 0. The molecule has 0 aliphatic carbocycles. The molecule has 5 amide bonds. The van der Waals surface area contributed by atoms with Crippen LogP contribution < -0.4 is 5.32 Å². The number of rotatable bonds is 15. The summed E-state index contributed by atoms with van der Waals surface area (Å²) in [6.07, 6.45) is 9.25. The molecule has 2 fully saturated rings. The number of carbonyl (C=O) groups excluding carboxylic acids is 4. The second kappa shape index (κ2) is 17.8. The fourth-order valence-corrected chi connectivity index (χ4v) is 7.49. The van der Waals surface area contributed by atoms with Crippen LogP contribution in [0.4, 0.5) is 4.79 Å². The Bertz CT molecular complexity index is 1970. The molecule has 13 heteroatoms. The third-order valence-electron chi connectivity index (χ3n) is 9.98. The van der Waals surface area contributed by atoms with Gasteiger partial charge in [0, 0.05) is 70.3 Å². The maximum Gasteiger partial charge on any atom is 0.334 e. The van der Waals surface area contributed by atoms with Crippen LogP contribution in [0.15, 0.2) is 104 Å². The number of fused-ring (bicyclic) bond motifs is 2. The Morgan fingerprint density at radius 2 is 1.82 bits per heavy atom. The molecule has 2 atom stereocenters. The van der Waals surface area contributed by atoms with E-state index in [2.05, 4.69) is 18.5 Å². The van der Waals surface area contributed by atoms with Crippen LogP contribution in [0.5, 0.6) is 0 Å². The lowest BCUT2D eigenvalue weighted by Gasteiger charge is -2.55. The first-order chi connectivity index (χ1) is 26.3. The number of para-hydroxylation sites is 1. The summed E-state index contributed by atoms with van der Waals surface area (Å²) < 4.78 is 1.88. The molecule has 1 aromatic heterocycles. The minimum Gasteiger partial charge on any atom is -0.396 e. The van der Waals surface area contributed by atoms with Crippen LogP contribution in [-0.2, 0) is 29.7 Å². The Morgan fingerprint density at radius 1 is 1.07 bits per heavy atom. The fraction of sp³-hybridized carbons (Fsp3) is 0.381. The molecule has 0 unspecified atom stereocenters. The van der Waals surface area contributed by atoms with Crippen molar-refractivity contribution in [3.05, 3.63) is 121 Å². The van der Waals surface area contributed by atoms with Gasteiger partial charge >= 0.3 is 6.03 Å². The van der Waals surface area contributed by atoms with Crippen LogP contribution in [0, 0.1) is 5.41 Å². The lowest BCUT2D eigenvalue weighted by Crippen LogP contribution is -2.76. The second-order valence-electron chi connectivity index (χ2n) is 14.9. The minimum absolute atomic E-state index is 0.0199. The number of aromatic nitrogens is 1. The number of piperazine rings is 1. The monoisotopic (exact) mass is 751 g/mol. The van der Waals surface area contributed by atoms with E-state index < -0.39 is 23.7 Å². The van der Waals surface area contributed by atoms with Gasteiger partial charge < -0.3 is 34.8 Å². The van der Waals surface area contributed by atoms with Crippen LogP contribution in [0.3, 0.4) is 0 Å². The van der Waals surface area contributed by atoms with Gasteiger partial charge in [-0.1, -0.05) is 99.3 Å². The van der Waals surface area contributed by atoms with Gasteiger partial charge in [-0.15, -0.1) is 6.58 Å². The predicted octanol–water partition coefficient (Wildman–Crippen LogP) is 3.81. The maximum absolute atomic E-state index is 14.7. The highest BCUT2D eigenvalue weighted by molar-refractivity contribution is 6.07. The van der Waals surface area contributed by atoms with E-state index in [4.69, 9.17) is 0 Å². The van der Waals surface area contributed by atoms with Crippen molar-refractivity contribution in [3.63, 3.8) is 0 Å². The third-order valence-corrected chi connectivity index (χ3v) is 9.98. The molecule has 3 heterocycles. The first-order valence-corrected chi connectivity index (χ1v) is 18.4. The van der Waals surface area contributed by atoms with Crippen LogP contribution in [-0.4, -0.2) is 122 Å². The number of urea groups is 1. The molecule has 0 radical (unpaired) electrons. The van der Waals surface area contributed by atoms with Crippen molar-refractivity contribution in [2.45, 2.75) is 45.6 Å². The summed E-state index contributed by atoms with van der Waals surface area (Å²) in [6.45, 7) is 12.0. The van der Waals surface area contributed by atoms with Crippen LogP contribution >= 0.6 is 0 Å². The molecule has 5 rings (SSSR count). The normalized spacial score (nSPS) is 18.2. The molecular weight excluding hydrogens is 699 g/mol.